The van der Waals surface area contributed by atoms with Crippen molar-refractivity contribution >= 4 is 22.8 Å². The normalized spacial score (nSPS) is 26.2. The third kappa shape index (κ3) is 3.70. The Balaban J connectivity index is 1.47. The average molecular weight is 418 g/mol. The number of benzene rings is 1. The van der Waals surface area contributed by atoms with Crippen LogP contribution in [0.25, 0.3) is 11.0 Å². The van der Waals surface area contributed by atoms with Crippen LogP contribution in [0.1, 0.15) is 49.2 Å². The Morgan fingerprint density at radius 1 is 1.30 bits per heavy atom. The first kappa shape index (κ1) is 20.8. The summed E-state index contributed by atoms with van der Waals surface area (Å²) < 4.78 is 25.3. The van der Waals surface area contributed by atoms with Crippen LogP contribution in [0.4, 0.5) is 4.39 Å². The molecule has 4 rings (SSSR count). The maximum Gasteiger partial charge on any atom is 0.289 e. The number of carbonyl (C=O) groups is 2. The Bertz CT molecular complexity index is 991. The Morgan fingerprint density at radius 3 is 2.67 bits per heavy atom. The van der Waals surface area contributed by atoms with Crippen molar-refractivity contribution in [1.29, 1.82) is 0 Å². The van der Waals surface area contributed by atoms with Gasteiger partial charge in [-0.25, -0.2) is 4.39 Å². The van der Waals surface area contributed by atoms with Crippen LogP contribution in [0.2, 0.25) is 0 Å². The van der Waals surface area contributed by atoms with Gasteiger partial charge in [0, 0.05) is 31.0 Å². The second kappa shape index (κ2) is 7.35. The summed E-state index contributed by atoms with van der Waals surface area (Å²) in [6.07, 6.45) is 1.68. The molecule has 2 atom stereocenters. The van der Waals surface area contributed by atoms with Gasteiger partial charge in [-0.2, -0.15) is 0 Å². The summed E-state index contributed by atoms with van der Waals surface area (Å²) in [6.45, 7) is 5.92. The number of nitrogens with one attached hydrogen (secondary N) is 1. The Kier molecular flexibility index (Phi) is 5.10. The van der Waals surface area contributed by atoms with Gasteiger partial charge in [0.15, 0.2) is 5.76 Å². The van der Waals surface area contributed by atoms with Crippen molar-refractivity contribution in [3.8, 4) is 0 Å². The number of hydrogen-bond donors (Lipinski definition) is 2. The van der Waals surface area contributed by atoms with Crippen LogP contribution in [0.5, 0.6) is 0 Å². The number of rotatable bonds is 2. The number of amides is 2. The fourth-order valence-corrected chi connectivity index (χ4v) is 4.51. The SMILES string of the molecule is CC(=O)N[C@H]1CC2(CCN(C(=O)c3oc4ccc(F)cc4c3C)CC2)OC[C@]1(C)O. The molecule has 2 saturated heterocycles. The summed E-state index contributed by atoms with van der Waals surface area (Å²) >= 11 is 0. The van der Waals surface area contributed by atoms with Gasteiger partial charge in [0.05, 0.1) is 18.2 Å². The second-order valence-electron chi connectivity index (χ2n) is 8.77. The summed E-state index contributed by atoms with van der Waals surface area (Å²) in [5, 5.41) is 14.0. The molecule has 2 aliphatic heterocycles. The highest BCUT2D eigenvalue weighted by Gasteiger charge is 2.49. The standard InChI is InChI=1S/C22H27FN2O5/c1-13-16-10-15(23)4-5-17(16)30-19(13)20(27)25-8-6-22(7-9-25)11-18(24-14(2)26)21(3,28)12-29-22/h4-5,10,18,28H,6-9,11-12H2,1-3H3,(H,24,26)/t18-,21-/m0/s1. The highest BCUT2D eigenvalue weighted by Crippen LogP contribution is 2.39. The van der Waals surface area contributed by atoms with E-state index in [0.29, 0.717) is 48.9 Å². The van der Waals surface area contributed by atoms with E-state index in [1.54, 1.807) is 18.7 Å². The smallest absolute Gasteiger partial charge is 0.289 e. The molecular formula is C22H27FN2O5. The maximum atomic E-state index is 13.6. The van der Waals surface area contributed by atoms with Crippen molar-refractivity contribution in [3.05, 3.63) is 35.3 Å². The molecule has 7 nitrogen and oxygen atoms in total. The summed E-state index contributed by atoms with van der Waals surface area (Å²) in [5.41, 5.74) is -0.505. The highest BCUT2D eigenvalue weighted by molar-refractivity contribution is 5.99. The molecule has 0 aliphatic carbocycles. The third-order valence-corrected chi connectivity index (χ3v) is 6.43. The zero-order valence-electron chi connectivity index (χ0n) is 17.5. The maximum absolute atomic E-state index is 13.6. The summed E-state index contributed by atoms with van der Waals surface area (Å²) in [7, 11) is 0. The molecule has 0 saturated carbocycles. The lowest BCUT2D eigenvalue weighted by Gasteiger charge is -2.50. The van der Waals surface area contributed by atoms with Gasteiger partial charge in [0.25, 0.3) is 5.91 Å². The van der Waals surface area contributed by atoms with Crippen LogP contribution in [-0.2, 0) is 9.53 Å². The van der Waals surface area contributed by atoms with Gasteiger partial charge in [-0.1, -0.05) is 0 Å². The van der Waals surface area contributed by atoms with Gasteiger partial charge in [-0.15, -0.1) is 0 Å². The quantitative estimate of drug-likeness (QED) is 0.782. The first-order valence-corrected chi connectivity index (χ1v) is 10.2. The Labute approximate surface area is 174 Å². The van der Waals surface area contributed by atoms with Gasteiger partial charge in [0.1, 0.15) is 17.0 Å². The molecule has 8 heteroatoms. The summed E-state index contributed by atoms with van der Waals surface area (Å²) in [6, 6.07) is 3.81. The molecule has 2 aromatic rings. The topological polar surface area (TPSA) is 92.0 Å². The fourth-order valence-electron chi connectivity index (χ4n) is 4.51. The lowest BCUT2D eigenvalue weighted by Crippen LogP contribution is -2.63. The predicted octanol–water partition coefficient (Wildman–Crippen LogP) is 2.53. The number of nitrogens with zero attached hydrogens (tertiary/aromatic N) is 1. The Hall–Kier alpha value is -2.45. The second-order valence-corrected chi connectivity index (χ2v) is 8.77. The van der Waals surface area contributed by atoms with E-state index in [2.05, 4.69) is 5.32 Å². The minimum atomic E-state index is -1.13. The van der Waals surface area contributed by atoms with Crippen molar-refractivity contribution < 1.29 is 28.2 Å². The minimum absolute atomic E-state index is 0.125. The van der Waals surface area contributed by atoms with E-state index in [9.17, 15) is 19.1 Å². The number of furan rings is 1. The molecule has 1 aromatic heterocycles. The minimum Gasteiger partial charge on any atom is -0.451 e. The number of halogens is 1. The molecule has 3 heterocycles. The first-order chi connectivity index (χ1) is 14.1. The van der Waals surface area contributed by atoms with Crippen molar-refractivity contribution in [2.24, 2.45) is 0 Å². The number of fused-ring (bicyclic) bond motifs is 1. The van der Waals surface area contributed by atoms with E-state index < -0.39 is 17.2 Å². The van der Waals surface area contributed by atoms with Crippen LogP contribution in [0, 0.1) is 12.7 Å². The molecule has 1 spiro atoms. The van der Waals surface area contributed by atoms with Crippen LogP contribution in [0.15, 0.2) is 22.6 Å². The zero-order valence-corrected chi connectivity index (χ0v) is 17.5. The number of aliphatic hydroxyl groups is 1. The lowest BCUT2D eigenvalue weighted by atomic mass is 9.77. The van der Waals surface area contributed by atoms with E-state index in [-0.39, 0.29) is 30.0 Å². The van der Waals surface area contributed by atoms with Crippen LogP contribution >= 0.6 is 0 Å². The number of piperidine rings is 1. The molecule has 0 unspecified atom stereocenters. The largest absolute Gasteiger partial charge is 0.451 e. The third-order valence-electron chi connectivity index (χ3n) is 6.43. The molecule has 1 aromatic carbocycles. The van der Waals surface area contributed by atoms with Gasteiger partial charge in [-0.3, -0.25) is 9.59 Å². The van der Waals surface area contributed by atoms with E-state index in [1.807, 2.05) is 0 Å². The highest BCUT2D eigenvalue weighted by atomic mass is 19.1. The molecule has 2 aliphatic rings. The molecule has 0 radical (unpaired) electrons. The molecule has 0 bridgehead atoms. The number of carbonyl (C=O) groups excluding carboxylic acids is 2. The molecular weight excluding hydrogens is 391 g/mol. The first-order valence-electron chi connectivity index (χ1n) is 10.2. The number of likely N-dealkylation sites (tertiary alicyclic amines) is 1. The fraction of sp³-hybridized carbons (Fsp3) is 0.545. The van der Waals surface area contributed by atoms with Gasteiger partial charge in [-0.05, 0) is 51.3 Å². The van der Waals surface area contributed by atoms with Gasteiger partial charge < -0.3 is 24.5 Å². The number of hydrogen-bond acceptors (Lipinski definition) is 5. The van der Waals surface area contributed by atoms with Crippen molar-refractivity contribution in [1.82, 2.24) is 10.2 Å². The molecule has 2 N–H and O–H groups in total. The number of aryl methyl sites for hydroxylation is 1. The van der Waals surface area contributed by atoms with Crippen molar-refractivity contribution in [2.75, 3.05) is 19.7 Å². The molecule has 2 fully saturated rings. The van der Waals surface area contributed by atoms with Crippen molar-refractivity contribution in [3.63, 3.8) is 0 Å². The summed E-state index contributed by atoms with van der Waals surface area (Å²) in [5.74, 6) is -0.554. The van der Waals surface area contributed by atoms with Crippen LogP contribution in [-0.4, -0.2) is 58.8 Å². The van der Waals surface area contributed by atoms with E-state index in [1.165, 1.54) is 25.1 Å². The zero-order chi connectivity index (χ0) is 21.7. The average Bonchev–Trinajstić information content (AvgIpc) is 3.01. The van der Waals surface area contributed by atoms with Crippen LogP contribution < -0.4 is 5.32 Å². The van der Waals surface area contributed by atoms with Crippen molar-refractivity contribution in [2.45, 2.75) is 57.3 Å². The molecule has 30 heavy (non-hydrogen) atoms. The number of ether oxygens (including phenoxy) is 1. The summed E-state index contributed by atoms with van der Waals surface area (Å²) in [4.78, 5) is 26.3. The monoisotopic (exact) mass is 418 g/mol. The van der Waals surface area contributed by atoms with Gasteiger partial charge in [0.2, 0.25) is 5.91 Å². The molecule has 162 valence electrons. The lowest BCUT2D eigenvalue weighted by molar-refractivity contribution is -0.191. The van der Waals surface area contributed by atoms with Gasteiger partial charge >= 0.3 is 0 Å². The molecule has 2 amide bonds. The predicted molar refractivity (Wildman–Crippen MR) is 108 cm³/mol. The van der Waals surface area contributed by atoms with E-state index in [0.717, 1.165) is 0 Å². The Morgan fingerprint density at radius 2 is 2.00 bits per heavy atom. The van der Waals surface area contributed by atoms with E-state index in [4.69, 9.17) is 9.15 Å². The van der Waals surface area contributed by atoms with E-state index >= 15 is 0 Å². The van der Waals surface area contributed by atoms with Crippen LogP contribution in [0.3, 0.4) is 0 Å².